The van der Waals surface area contributed by atoms with Gasteiger partial charge in [0.15, 0.2) is 0 Å². The number of likely N-dealkylation sites (tertiary alicyclic amines) is 1. The van der Waals surface area contributed by atoms with Crippen molar-refractivity contribution in [2.75, 3.05) is 45.0 Å². The Labute approximate surface area is 134 Å². The fourth-order valence-electron chi connectivity index (χ4n) is 3.26. The first-order chi connectivity index (χ1) is 10.5. The minimum atomic E-state index is -3.10. The average Bonchev–Trinajstić information content (AvgIpc) is 2.83. The van der Waals surface area contributed by atoms with Gasteiger partial charge in [0.05, 0.1) is 11.8 Å². The minimum absolute atomic E-state index is 0.148. The third kappa shape index (κ3) is 4.20. The van der Waals surface area contributed by atoms with Crippen LogP contribution in [0.5, 0.6) is 0 Å². The van der Waals surface area contributed by atoms with Crippen LogP contribution in [-0.2, 0) is 14.8 Å². The van der Waals surface area contributed by atoms with Crippen molar-refractivity contribution in [3.63, 3.8) is 0 Å². The van der Waals surface area contributed by atoms with Gasteiger partial charge in [0.25, 0.3) is 0 Å². The molecule has 2 aliphatic heterocycles. The van der Waals surface area contributed by atoms with Crippen LogP contribution in [0.1, 0.15) is 39.5 Å². The number of sulfonamides is 1. The molecule has 0 aromatic rings. The van der Waals surface area contributed by atoms with Crippen molar-refractivity contribution >= 4 is 15.9 Å². The molecule has 0 aromatic carbocycles. The Kier molecular flexibility index (Phi) is 6.23. The molecule has 2 saturated heterocycles. The fourth-order valence-corrected chi connectivity index (χ4v) is 4.35. The molecule has 0 bridgehead atoms. The van der Waals surface area contributed by atoms with Crippen molar-refractivity contribution in [2.45, 2.75) is 45.6 Å². The maximum atomic E-state index is 12.6. The maximum absolute atomic E-state index is 12.6. The highest BCUT2D eigenvalue weighted by Gasteiger charge is 2.31. The van der Waals surface area contributed by atoms with Crippen molar-refractivity contribution < 1.29 is 13.2 Å². The van der Waals surface area contributed by atoms with E-state index in [0.29, 0.717) is 26.2 Å². The molecule has 0 N–H and O–H groups in total. The second-order valence-corrected chi connectivity index (χ2v) is 8.51. The van der Waals surface area contributed by atoms with Gasteiger partial charge in [0.1, 0.15) is 0 Å². The van der Waals surface area contributed by atoms with Gasteiger partial charge >= 0.3 is 0 Å². The molecule has 0 radical (unpaired) electrons. The second kappa shape index (κ2) is 7.75. The van der Waals surface area contributed by atoms with Crippen LogP contribution in [0.3, 0.4) is 0 Å². The topological polar surface area (TPSA) is 60.9 Å². The van der Waals surface area contributed by atoms with Crippen LogP contribution < -0.4 is 0 Å². The van der Waals surface area contributed by atoms with E-state index in [1.54, 1.807) is 11.2 Å². The molecular weight excluding hydrogens is 302 g/mol. The van der Waals surface area contributed by atoms with Crippen LogP contribution in [0.2, 0.25) is 0 Å². The molecule has 6 nitrogen and oxygen atoms in total. The molecule has 22 heavy (non-hydrogen) atoms. The SMILES string of the molecule is CCS(=O)(=O)N1CCN(C(C)C(=O)N2CCCCCC2)CC1. The van der Waals surface area contributed by atoms with Crippen LogP contribution in [0.15, 0.2) is 0 Å². The summed E-state index contributed by atoms with van der Waals surface area (Å²) in [5.74, 6) is 0.351. The molecule has 2 fully saturated rings. The highest BCUT2D eigenvalue weighted by atomic mass is 32.2. The number of carbonyl (C=O) groups is 1. The zero-order valence-electron chi connectivity index (χ0n) is 13.8. The molecule has 0 aliphatic carbocycles. The Morgan fingerprint density at radius 2 is 1.50 bits per heavy atom. The minimum Gasteiger partial charge on any atom is -0.341 e. The number of rotatable bonds is 4. The lowest BCUT2D eigenvalue weighted by molar-refractivity contribution is -0.136. The van der Waals surface area contributed by atoms with Crippen molar-refractivity contribution in [2.24, 2.45) is 0 Å². The van der Waals surface area contributed by atoms with E-state index >= 15 is 0 Å². The largest absolute Gasteiger partial charge is 0.341 e. The Balaban J connectivity index is 1.88. The van der Waals surface area contributed by atoms with Gasteiger partial charge in [-0.1, -0.05) is 12.8 Å². The quantitative estimate of drug-likeness (QED) is 0.762. The molecule has 2 aliphatic rings. The van der Waals surface area contributed by atoms with Crippen molar-refractivity contribution in [1.29, 1.82) is 0 Å². The van der Waals surface area contributed by atoms with Gasteiger partial charge in [-0.3, -0.25) is 9.69 Å². The first kappa shape index (κ1) is 17.7. The van der Waals surface area contributed by atoms with Gasteiger partial charge in [-0.05, 0) is 26.7 Å². The summed E-state index contributed by atoms with van der Waals surface area (Å²) >= 11 is 0. The van der Waals surface area contributed by atoms with Gasteiger partial charge in [-0.15, -0.1) is 0 Å². The molecule has 0 saturated carbocycles. The van der Waals surface area contributed by atoms with E-state index in [4.69, 9.17) is 0 Å². The van der Waals surface area contributed by atoms with E-state index in [0.717, 1.165) is 25.9 Å². The molecule has 128 valence electrons. The molecule has 0 spiro atoms. The summed E-state index contributed by atoms with van der Waals surface area (Å²) in [5, 5.41) is 0. The molecule has 1 atom stereocenters. The number of nitrogens with zero attached hydrogens (tertiary/aromatic N) is 3. The van der Waals surface area contributed by atoms with E-state index in [1.807, 2.05) is 11.8 Å². The summed E-state index contributed by atoms with van der Waals surface area (Å²) in [6.45, 7) is 7.63. The molecular formula is C15H29N3O3S. The first-order valence-electron chi connectivity index (χ1n) is 8.46. The summed E-state index contributed by atoms with van der Waals surface area (Å²) in [6.07, 6.45) is 4.62. The van der Waals surface area contributed by atoms with Crippen molar-refractivity contribution in [1.82, 2.24) is 14.1 Å². The Morgan fingerprint density at radius 1 is 0.955 bits per heavy atom. The van der Waals surface area contributed by atoms with E-state index in [-0.39, 0.29) is 17.7 Å². The van der Waals surface area contributed by atoms with Gasteiger partial charge in [-0.25, -0.2) is 8.42 Å². The first-order valence-corrected chi connectivity index (χ1v) is 10.1. The predicted octanol–water partition coefficient (Wildman–Crippen LogP) is 0.745. The second-order valence-electron chi connectivity index (χ2n) is 6.25. The van der Waals surface area contributed by atoms with Crippen LogP contribution in [0.4, 0.5) is 0 Å². The number of piperazine rings is 1. The lowest BCUT2D eigenvalue weighted by Crippen LogP contribution is -2.55. The smallest absolute Gasteiger partial charge is 0.239 e. The third-order valence-corrected chi connectivity index (χ3v) is 6.74. The highest BCUT2D eigenvalue weighted by molar-refractivity contribution is 7.89. The lowest BCUT2D eigenvalue weighted by atomic mass is 10.2. The van der Waals surface area contributed by atoms with Gasteiger partial charge in [0.2, 0.25) is 15.9 Å². The number of hydrogen-bond donors (Lipinski definition) is 0. The number of amides is 1. The molecule has 2 rings (SSSR count). The summed E-state index contributed by atoms with van der Waals surface area (Å²) in [6, 6.07) is -0.149. The van der Waals surface area contributed by atoms with E-state index in [2.05, 4.69) is 4.90 Å². The van der Waals surface area contributed by atoms with Crippen LogP contribution in [0, 0.1) is 0 Å². The Bertz CT molecular complexity index is 464. The monoisotopic (exact) mass is 331 g/mol. The summed E-state index contributed by atoms with van der Waals surface area (Å²) < 4.78 is 25.3. The number of hydrogen-bond acceptors (Lipinski definition) is 4. The summed E-state index contributed by atoms with van der Waals surface area (Å²) in [4.78, 5) is 16.7. The molecule has 1 unspecified atom stereocenters. The van der Waals surface area contributed by atoms with Gasteiger partial charge in [-0.2, -0.15) is 4.31 Å². The molecule has 0 aromatic heterocycles. The summed E-state index contributed by atoms with van der Waals surface area (Å²) in [7, 11) is -3.10. The van der Waals surface area contributed by atoms with Crippen molar-refractivity contribution in [3.8, 4) is 0 Å². The fraction of sp³-hybridized carbons (Fsp3) is 0.933. The molecule has 7 heteroatoms. The zero-order chi connectivity index (χ0) is 16.2. The van der Waals surface area contributed by atoms with Crippen molar-refractivity contribution in [3.05, 3.63) is 0 Å². The van der Waals surface area contributed by atoms with E-state index in [1.165, 1.54) is 12.8 Å². The average molecular weight is 331 g/mol. The van der Waals surface area contributed by atoms with Crippen LogP contribution in [0.25, 0.3) is 0 Å². The lowest BCUT2D eigenvalue weighted by Gasteiger charge is -2.38. The zero-order valence-corrected chi connectivity index (χ0v) is 14.6. The maximum Gasteiger partial charge on any atom is 0.239 e. The molecule has 1 amide bonds. The Hall–Kier alpha value is -0.660. The standard InChI is InChI=1S/C15H29N3O3S/c1-3-22(20,21)18-12-10-16(11-13-18)14(2)15(19)17-8-6-4-5-7-9-17/h14H,3-13H2,1-2H3. The van der Waals surface area contributed by atoms with Gasteiger partial charge in [0, 0.05) is 39.3 Å². The van der Waals surface area contributed by atoms with Crippen LogP contribution in [-0.4, -0.2) is 79.5 Å². The Morgan fingerprint density at radius 3 is 2.00 bits per heavy atom. The third-order valence-electron chi connectivity index (χ3n) is 4.85. The van der Waals surface area contributed by atoms with Crippen LogP contribution >= 0.6 is 0 Å². The predicted molar refractivity (Wildman–Crippen MR) is 87.1 cm³/mol. The van der Waals surface area contributed by atoms with E-state index in [9.17, 15) is 13.2 Å². The molecule has 2 heterocycles. The summed E-state index contributed by atoms with van der Waals surface area (Å²) in [5.41, 5.74) is 0. The highest BCUT2D eigenvalue weighted by Crippen LogP contribution is 2.15. The normalized spacial score (nSPS) is 24.0. The van der Waals surface area contributed by atoms with Gasteiger partial charge < -0.3 is 4.90 Å². The number of carbonyl (C=O) groups excluding carboxylic acids is 1. The van der Waals surface area contributed by atoms with E-state index < -0.39 is 10.0 Å².